The maximum atomic E-state index is 6.04. The van der Waals surface area contributed by atoms with Crippen molar-refractivity contribution in [1.29, 1.82) is 0 Å². The topological polar surface area (TPSA) is 53.7 Å². The summed E-state index contributed by atoms with van der Waals surface area (Å²) in [5.74, 6) is 1.34. The molecule has 0 aromatic heterocycles. The van der Waals surface area contributed by atoms with Gasteiger partial charge in [0.25, 0.3) is 0 Å². The molecule has 2 N–H and O–H groups in total. The summed E-state index contributed by atoms with van der Waals surface area (Å²) in [6.45, 7) is 4.39. The molecule has 0 unspecified atom stereocenters. The summed E-state index contributed by atoms with van der Waals surface area (Å²) in [7, 11) is 1.60. The highest BCUT2D eigenvalue weighted by Crippen LogP contribution is 2.34. The van der Waals surface area contributed by atoms with Crippen LogP contribution in [-0.4, -0.2) is 33.5 Å². The lowest BCUT2D eigenvalue weighted by molar-refractivity contribution is 0.0991. The van der Waals surface area contributed by atoms with Crippen LogP contribution in [0.1, 0.15) is 18.9 Å². The third kappa shape index (κ3) is 5.27. The third-order valence-electron chi connectivity index (χ3n) is 2.55. The van der Waals surface area contributed by atoms with Gasteiger partial charge in [0.2, 0.25) is 0 Å². The fourth-order valence-corrected chi connectivity index (χ4v) is 1.96. The predicted molar refractivity (Wildman–Crippen MR) is 77.4 cm³/mol. The Morgan fingerprint density at radius 1 is 1.21 bits per heavy atom. The van der Waals surface area contributed by atoms with E-state index in [9.17, 15) is 0 Å². The molecule has 0 bridgehead atoms. The second-order valence-corrected chi connectivity index (χ2v) is 4.53. The molecule has 108 valence electrons. The minimum atomic E-state index is 0.482. The zero-order valence-electron chi connectivity index (χ0n) is 11.6. The van der Waals surface area contributed by atoms with Gasteiger partial charge in [-0.1, -0.05) is 18.5 Å². The molecule has 0 aliphatic rings. The molecular formula is C14H22ClNO3. The number of hydrogen-bond acceptors (Lipinski definition) is 4. The molecule has 4 nitrogen and oxygen atoms in total. The second-order valence-electron chi connectivity index (χ2n) is 4.10. The van der Waals surface area contributed by atoms with Crippen molar-refractivity contribution in [1.82, 2.24) is 0 Å². The van der Waals surface area contributed by atoms with Crippen molar-refractivity contribution in [2.24, 2.45) is 5.73 Å². The molecule has 0 spiro atoms. The number of ether oxygens (including phenoxy) is 3. The van der Waals surface area contributed by atoms with E-state index in [0.29, 0.717) is 42.7 Å². The van der Waals surface area contributed by atoms with Gasteiger partial charge in [-0.05, 0) is 25.5 Å². The van der Waals surface area contributed by atoms with Crippen LogP contribution in [0.5, 0.6) is 11.5 Å². The second kappa shape index (κ2) is 9.02. The summed E-state index contributed by atoms with van der Waals surface area (Å²) in [6.07, 6.45) is 1.70. The highest BCUT2D eigenvalue weighted by atomic mass is 35.5. The van der Waals surface area contributed by atoms with Gasteiger partial charge in [0.1, 0.15) is 6.61 Å². The molecule has 0 saturated heterocycles. The molecule has 0 fully saturated rings. The predicted octanol–water partition coefficient (Wildman–Crippen LogP) is 2.66. The molecule has 1 rings (SSSR count). The first-order valence-corrected chi connectivity index (χ1v) is 6.87. The normalized spacial score (nSPS) is 10.5. The van der Waals surface area contributed by atoms with Crippen molar-refractivity contribution >= 4 is 11.6 Å². The smallest absolute Gasteiger partial charge is 0.164 e. The molecule has 0 radical (unpaired) electrons. The van der Waals surface area contributed by atoms with Gasteiger partial charge in [0.15, 0.2) is 11.5 Å². The van der Waals surface area contributed by atoms with Crippen molar-refractivity contribution in [3.8, 4) is 11.5 Å². The van der Waals surface area contributed by atoms with E-state index in [1.807, 2.05) is 6.07 Å². The molecule has 0 atom stereocenters. The van der Waals surface area contributed by atoms with Gasteiger partial charge < -0.3 is 19.9 Å². The molecule has 0 aliphatic carbocycles. The zero-order valence-corrected chi connectivity index (χ0v) is 12.3. The van der Waals surface area contributed by atoms with Crippen LogP contribution in [0.15, 0.2) is 12.1 Å². The van der Waals surface area contributed by atoms with Crippen LogP contribution in [0.25, 0.3) is 0 Å². The standard InChI is InChI=1S/C14H22ClNO3/c1-3-6-18-7-8-19-14-11(4-5-16)9-12(15)10-13(14)17-2/h9-10H,3-8,16H2,1-2H3. The Bertz CT molecular complexity index is 385. The van der Waals surface area contributed by atoms with Crippen molar-refractivity contribution < 1.29 is 14.2 Å². The van der Waals surface area contributed by atoms with E-state index < -0.39 is 0 Å². The van der Waals surface area contributed by atoms with Gasteiger partial charge >= 0.3 is 0 Å². The Kier molecular flexibility index (Phi) is 7.63. The van der Waals surface area contributed by atoms with E-state index in [-0.39, 0.29) is 0 Å². The van der Waals surface area contributed by atoms with E-state index in [0.717, 1.165) is 18.6 Å². The highest BCUT2D eigenvalue weighted by molar-refractivity contribution is 6.30. The number of benzene rings is 1. The van der Waals surface area contributed by atoms with Crippen LogP contribution in [0.3, 0.4) is 0 Å². The first-order chi connectivity index (χ1) is 9.22. The average molecular weight is 288 g/mol. The van der Waals surface area contributed by atoms with Crippen LogP contribution in [0.2, 0.25) is 5.02 Å². The van der Waals surface area contributed by atoms with Crippen molar-refractivity contribution in [2.75, 3.05) is 33.5 Å². The largest absolute Gasteiger partial charge is 0.493 e. The van der Waals surface area contributed by atoms with E-state index >= 15 is 0 Å². The van der Waals surface area contributed by atoms with Gasteiger partial charge in [-0.3, -0.25) is 0 Å². The molecule has 1 aromatic rings. The van der Waals surface area contributed by atoms with Crippen molar-refractivity contribution in [2.45, 2.75) is 19.8 Å². The Morgan fingerprint density at radius 3 is 2.63 bits per heavy atom. The first-order valence-electron chi connectivity index (χ1n) is 6.50. The molecule has 19 heavy (non-hydrogen) atoms. The summed E-state index contributed by atoms with van der Waals surface area (Å²) >= 11 is 6.04. The van der Waals surface area contributed by atoms with Gasteiger partial charge in [-0.15, -0.1) is 0 Å². The summed E-state index contributed by atoms with van der Waals surface area (Å²) in [6, 6.07) is 3.60. The fraction of sp³-hybridized carbons (Fsp3) is 0.571. The van der Waals surface area contributed by atoms with Gasteiger partial charge in [-0.25, -0.2) is 0 Å². The van der Waals surface area contributed by atoms with Crippen LogP contribution >= 0.6 is 11.6 Å². The maximum Gasteiger partial charge on any atom is 0.164 e. The lowest BCUT2D eigenvalue weighted by Gasteiger charge is -2.15. The number of halogens is 1. The number of methoxy groups -OCH3 is 1. The lowest BCUT2D eigenvalue weighted by atomic mass is 10.1. The summed E-state index contributed by atoms with van der Waals surface area (Å²) in [5.41, 5.74) is 6.56. The Hall–Kier alpha value is -0.970. The Balaban J connectivity index is 2.72. The van der Waals surface area contributed by atoms with E-state index in [2.05, 4.69) is 6.92 Å². The molecule has 0 heterocycles. The molecular weight excluding hydrogens is 266 g/mol. The van der Waals surface area contributed by atoms with Crippen LogP contribution in [-0.2, 0) is 11.2 Å². The minimum Gasteiger partial charge on any atom is -0.493 e. The van der Waals surface area contributed by atoms with Crippen molar-refractivity contribution in [3.05, 3.63) is 22.7 Å². The molecule has 0 saturated carbocycles. The monoisotopic (exact) mass is 287 g/mol. The van der Waals surface area contributed by atoms with Gasteiger partial charge in [0, 0.05) is 23.3 Å². The maximum absolute atomic E-state index is 6.04. The number of hydrogen-bond donors (Lipinski definition) is 1. The van der Waals surface area contributed by atoms with Crippen molar-refractivity contribution in [3.63, 3.8) is 0 Å². The average Bonchev–Trinajstić information content (AvgIpc) is 2.40. The summed E-state index contributed by atoms with van der Waals surface area (Å²) < 4.78 is 16.4. The molecule has 5 heteroatoms. The van der Waals surface area contributed by atoms with Crippen LogP contribution < -0.4 is 15.2 Å². The van der Waals surface area contributed by atoms with E-state index in [4.69, 9.17) is 31.5 Å². The van der Waals surface area contributed by atoms with E-state index in [1.54, 1.807) is 13.2 Å². The minimum absolute atomic E-state index is 0.482. The fourth-order valence-electron chi connectivity index (χ4n) is 1.73. The molecule has 0 aliphatic heterocycles. The SMILES string of the molecule is CCCOCCOc1c(CCN)cc(Cl)cc1OC. The Morgan fingerprint density at radius 2 is 2.00 bits per heavy atom. The molecule has 0 amide bonds. The summed E-state index contributed by atoms with van der Waals surface area (Å²) in [5, 5.41) is 0.620. The zero-order chi connectivity index (χ0) is 14.1. The van der Waals surface area contributed by atoms with Crippen LogP contribution in [0.4, 0.5) is 0 Å². The van der Waals surface area contributed by atoms with Gasteiger partial charge in [-0.2, -0.15) is 0 Å². The van der Waals surface area contributed by atoms with Crippen LogP contribution in [0, 0.1) is 0 Å². The lowest BCUT2D eigenvalue weighted by Crippen LogP contribution is -2.11. The molecule has 1 aromatic carbocycles. The number of nitrogens with two attached hydrogens (primary N) is 1. The highest BCUT2D eigenvalue weighted by Gasteiger charge is 2.12. The quantitative estimate of drug-likeness (QED) is 0.710. The number of rotatable bonds is 9. The summed E-state index contributed by atoms with van der Waals surface area (Å²) in [4.78, 5) is 0. The Labute approximate surface area is 119 Å². The van der Waals surface area contributed by atoms with E-state index in [1.165, 1.54) is 0 Å². The third-order valence-corrected chi connectivity index (χ3v) is 2.77. The van der Waals surface area contributed by atoms with Gasteiger partial charge in [0.05, 0.1) is 13.7 Å². The first kappa shape index (κ1) is 16.1.